The lowest BCUT2D eigenvalue weighted by atomic mass is 10.0. The molecule has 2 unspecified atom stereocenters. The van der Waals surface area contributed by atoms with E-state index < -0.39 is 0 Å². The minimum Gasteiger partial charge on any atom is -0.330 e. The number of nitrogens with zero attached hydrogens (tertiary/aromatic N) is 1. The lowest BCUT2D eigenvalue weighted by Crippen LogP contribution is -2.25. The summed E-state index contributed by atoms with van der Waals surface area (Å²) < 4.78 is 0. The van der Waals surface area contributed by atoms with Gasteiger partial charge in [0, 0.05) is 6.54 Å². The van der Waals surface area contributed by atoms with E-state index in [0.29, 0.717) is 0 Å². The Balaban J connectivity index is 1.92. The van der Waals surface area contributed by atoms with Crippen LogP contribution in [0.2, 0.25) is 0 Å². The molecule has 3 N–H and O–H groups in total. The summed E-state index contributed by atoms with van der Waals surface area (Å²) in [5.41, 5.74) is 5.52. The molecule has 0 aromatic carbocycles. The lowest BCUT2D eigenvalue weighted by molar-refractivity contribution is 0.381. The first-order valence-electron chi connectivity index (χ1n) is 6.31. The molecule has 0 aromatic heterocycles. The summed E-state index contributed by atoms with van der Waals surface area (Å²) in [6.45, 7) is 7.96. The van der Waals surface area contributed by atoms with Crippen molar-refractivity contribution >= 4 is 0 Å². The van der Waals surface area contributed by atoms with Gasteiger partial charge in [-0.2, -0.15) is 0 Å². The van der Waals surface area contributed by atoms with Crippen LogP contribution in [0.25, 0.3) is 0 Å². The smallest absolute Gasteiger partial charge is 0.000756 e. The van der Waals surface area contributed by atoms with Crippen molar-refractivity contribution in [2.75, 3.05) is 39.8 Å². The van der Waals surface area contributed by atoms with Crippen molar-refractivity contribution in [1.29, 1.82) is 0 Å². The Morgan fingerprint density at radius 2 is 2.33 bits per heavy atom. The molecule has 2 atom stereocenters. The van der Waals surface area contributed by atoms with Crippen molar-refractivity contribution in [2.24, 2.45) is 17.6 Å². The van der Waals surface area contributed by atoms with Crippen molar-refractivity contribution in [3.63, 3.8) is 0 Å². The SMILES string of the molecule is CC(CCN)CNCCC1CCN(C)C1. The first-order chi connectivity index (χ1) is 7.22. The highest BCUT2D eigenvalue weighted by Gasteiger charge is 2.18. The van der Waals surface area contributed by atoms with Gasteiger partial charge in [0.15, 0.2) is 0 Å². The second kappa shape index (κ2) is 7.20. The van der Waals surface area contributed by atoms with Crippen molar-refractivity contribution < 1.29 is 0 Å². The highest BCUT2D eigenvalue weighted by molar-refractivity contribution is 4.73. The fourth-order valence-electron chi connectivity index (χ4n) is 2.30. The van der Waals surface area contributed by atoms with Gasteiger partial charge in [-0.25, -0.2) is 0 Å². The van der Waals surface area contributed by atoms with Crippen LogP contribution < -0.4 is 11.1 Å². The first kappa shape index (κ1) is 12.9. The second-order valence-electron chi connectivity index (χ2n) is 5.09. The van der Waals surface area contributed by atoms with Crippen molar-refractivity contribution in [3.8, 4) is 0 Å². The van der Waals surface area contributed by atoms with Crippen LogP contribution in [0.4, 0.5) is 0 Å². The predicted molar refractivity (Wildman–Crippen MR) is 65.9 cm³/mol. The maximum absolute atomic E-state index is 5.52. The van der Waals surface area contributed by atoms with E-state index in [4.69, 9.17) is 5.73 Å². The van der Waals surface area contributed by atoms with E-state index in [2.05, 4.69) is 24.2 Å². The van der Waals surface area contributed by atoms with Gasteiger partial charge in [0.1, 0.15) is 0 Å². The summed E-state index contributed by atoms with van der Waals surface area (Å²) in [5, 5.41) is 3.54. The molecule has 1 aliphatic rings. The molecule has 0 amide bonds. The fraction of sp³-hybridized carbons (Fsp3) is 1.00. The minimum absolute atomic E-state index is 0.723. The number of hydrogen-bond donors (Lipinski definition) is 2. The topological polar surface area (TPSA) is 41.3 Å². The van der Waals surface area contributed by atoms with Gasteiger partial charge >= 0.3 is 0 Å². The molecular weight excluding hydrogens is 186 g/mol. The Morgan fingerprint density at radius 1 is 1.53 bits per heavy atom. The highest BCUT2D eigenvalue weighted by Crippen LogP contribution is 2.16. The summed E-state index contributed by atoms with van der Waals surface area (Å²) in [5.74, 6) is 1.65. The molecular formula is C12H27N3. The van der Waals surface area contributed by atoms with Crippen LogP contribution in [0.3, 0.4) is 0 Å². The fourth-order valence-corrected chi connectivity index (χ4v) is 2.30. The third-order valence-corrected chi connectivity index (χ3v) is 3.37. The van der Waals surface area contributed by atoms with Crippen molar-refractivity contribution in [2.45, 2.75) is 26.2 Å². The van der Waals surface area contributed by atoms with Gasteiger partial charge in [0.2, 0.25) is 0 Å². The molecule has 0 aromatic rings. The van der Waals surface area contributed by atoms with Crippen LogP contribution in [-0.2, 0) is 0 Å². The molecule has 0 radical (unpaired) electrons. The second-order valence-corrected chi connectivity index (χ2v) is 5.09. The van der Waals surface area contributed by atoms with Gasteiger partial charge < -0.3 is 16.0 Å². The monoisotopic (exact) mass is 213 g/mol. The molecule has 1 rings (SSSR count). The molecule has 0 spiro atoms. The standard InChI is InChI=1S/C12H27N3/c1-11(3-6-13)9-14-7-4-12-5-8-15(2)10-12/h11-12,14H,3-10,13H2,1-2H3. The summed E-state index contributed by atoms with van der Waals surface area (Å²) in [7, 11) is 2.22. The van der Waals surface area contributed by atoms with Gasteiger partial charge in [-0.1, -0.05) is 6.92 Å². The predicted octanol–water partition coefficient (Wildman–Crippen LogP) is 0.903. The molecule has 1 fully saturated rings. The van der Waals surface area contributed by atoms with E-state index >= 15 is 0 Å². The molecule has 1 aliphatic heterocycles. The third kappa shape index (κ3) is 5.50. The molecule has 90 valence electrons. The van der Waals surface area contributed by atoms with E-state index in [0.717, 1.165) is 31.3 Å². The van der Waals surface area contributed by atoms with Crippen LogP contribution >= 0.6 is 0 Å². The van der Waals surface area contributed by atoms with Crippen LogP contribution in [0.15, 0.2) is 0 Å². The Hall–Kier alpha value is -0.120. The van der Waals surface area contributed by atoms with Gasteiger partial charge in [0.05, 0.1) is 0 Å². The molecule has 15 heavy (non-hydrogen) atoms. The number of hydrogen-bond acceptors (Lipinski definition) is 3. The maximum Gasteiger partial charge on any atom is 0.000756 e. The summed E-state index contributed by atoms with van der Waals surface area (Å²) in [6, 6.07) is 0. The third-order valence-electron chi connectivity index (χ3n) is 3.37. The molecule has 0 bridgehead atoms. The van der Waals surface area contributed by atoms with Crippen molar-refractivity contribution in [3.05, 3.63) is 0 Å². The Morgan fingerprint density at radius 3 is 2.93 bits per heavy atom. The highest BCUT2D eigenvalue weighted by atomic mass is 15.1. The Kier molecular flexibility index (Phi) is 6.22. The molecule has 0 aliphatic carbocycles. The van der Waals surface area contributed by atoms with E-state index in [1.54, 1.807) is 0 Å². The first-order valence-corrected chi connectivity index (χ1v) is 6.31. The molecule has 3 nitrogen and oxygen atoms in total. The van der Waals surface area contributed by atoms with Gasteiger partial charge in [-0.3, -0.25) is 0 Å². The average molecular weight is 213 g/mol. The normalized spacial score (nSPS) is 24.6. The summed E-state index contributed by atoms with van der Waals surface area (Å²) in [4.78, 5) is 2.43. The largest absolute Gasteiger partial charge is 0.330 e. The zero-order valence-corrected chi connectivity index (χ0v) is 10.3. The maximum atomic E-state index is 5.52. The van der Waals surface area contributed by atoms with E-state index in [1.165, 1.54) is 32.5 Å². The number of nitrogens with two attached hydrogens (primary N) is 1. The van der Waals surface area contributed by atoms with Gasteiger partial charge in [-0.15, -0.1) is 0 Å². The number of rotatable bonds is 7. The Bertz CT molecular complexity index is 161. The molecule has 3 heteroatoms. The Labute approximate surface area is 94.4 Å². The summed E-state index contributed by atoms with van der Waals surface area (Å²) in [6.07, 6.45) is 3.86. The molecule has 1 saturated heterocycles. The number of likely N-dealkylation sites (tertiary alicyclic amines) is 1. The van der Waals surface area contributed by atoms with Crippen LogP contribution in [0.1, 0.15) is 26.2 Å². The van der Waals surface area contributed by atoms with Crippen LogP contribution in [0, 0.1) is 11.8 Å². The average Bonchev–Trinajstić information content (AvgIpc) is 2.60. The molecule has 0 saturated carbocycles. The molecule has 1 heterocycles. The van der Waals surface area contributed by atoms with Crippen LogP contribution in [0.5, 0.6) is 0 Å². The minimum atomic E-state index is 0.723. The van der Waals surface area contributed by atoms with Crippen LogP contribution in [-0.4, -0.2) is 44.7 Å². The van der Waals surface area contributed by atoms with Gasteiger partial charge in [-0.05, 0) is 64.3 Å². The lowest BCUT2D eigenvalue weighted by Gasteiger charge is -2.13. The van der Waals surface area contributed by atoms with E-state index in [1.807, 2.05) is 0 Å². The summed E-state index contributed by atoms with van der Waals surface area (Å²) >= 11 is 0. The van der Waals surface area contributed by atoms with Crippen molar-refractivity contribution in [1.82, 2.24) is 10.2 Å². The van der Waals surface area contributed by atoms with E-state index in [9.17, 15) is 0 Å². The van der Waals surface area contributed by atoms with Gasteiger partial charge in [0.25, 0.3) is 0 Å². The zero-order valence-electron chi connectivity index (χ0n) is 10.3. The quantitative estimate of drug-likeness (QED) is 0.618. The van der Waals surface area contributed by atoms with E-state index in [-0.39, 0.29) is 0 Å². The number of nitrogens with one attached hydrogen (secondary N) is 1. The zero-order chi connectivity index (χ0) is 11.1.